The van der Waals surface area contributed by atoms with Gasteiger partial charge in [0.1, 0.15) is 0 Å². The zero-order chi connectivity index (χ0) is 21.5. The van der Waals surface area contributed by atoms with E-state index in [1.165, 1.54) is 5.57 Å². The number of benzene rings is 2. The molecule has 0 aliphatic carbocycles. The van der Waals surface area contributed by atoms with Gasteiger partial charge < -0.3 is 5.32 Å². The van der Waals surface area contributed by atoms with Crippen molar-refractivity contribution in [3.05, 3.63) is 94.3 Å². The summed E-state index contributed by atoms with van der Waals surface area (Å²) < 4.78 is 1.74. The minimum atomic E-state index is -0.119. The van der Waals surface area contributed by atoms with Crippen molar-refractivity contribution in [1.29, 1.82) is 0 Å². The van der Waals surface area contributed by atoms with Crippen LogP contribution in [-0.4, -0.2) is 35.0 Å². The summed E-state index contributed by atoms with van der Waals surface area (Å²) in [7, 11) is 0. The summed E-state index contributed by atoms with van der Waals surface area (Å²) in [5, 5.41) is 7.92. The van der Waals surface area contributed by atoms with E-state index in [4.69, 9.17) is 11.6 Å². The van der Waals surface area contributed by atoms with Crippen LogP contribution in [0.2, 0.25) is 5.02 Å². The highest BCUT2D eigenvalue weighted by Gasteiger charge is 2.10. The fourth-order valence-electron chi connectivity index (χ4n) is 3.25. The molecule has 6 heteroatoms. The predicted octanol–water partition coefficient (Wildman–Crippen LogP) is 4.45. The third kappa shape index (κ3) is 5.50. The van der Waals surface area contributed by atoms with Gasteiger partial charge in [0.15, 0.2) is 0 Å². The van der Waals surface area contributed by atoms with Crippen molar-refractivity contribution in [1.82, 2.24) is 15.1 Å². The first-order valence-electron chi connectivity index (χ1n) is 10.1. The maximum absolute atomic E-state index is 12.7. The molecular weight excluding hydrogens is 408 g/mol. The quantitative estimate of drug-likeness (QED) is 0.466. The zero-order valence-corrected chi connectivity index (χ0v) is 17.6. The second-order valence-corrected chi connectivity index (χ2v) is 7.51. The largest absolute Gasteiger partial charge is 0.352 e. The summed E-state index contributed by atoms with van der Waals surface area (Å²) in [6.45, 7) is 1.37. The number of aliphatic imine (C=N–C) groups is 1. The first kappa shape index (κ1) is 20.6. The lowest BCUT2D eigenvalue weighted by Crippen LogP contribution is -2.24. The minimum absolute atomic E-state index is 0.119. The van der Waals surface area contributed by atoms with E-state index >= 15 is 0 Å². The van der Waals surface area contributed by atoms with Crippen molar-refractivity contribution in [3.8, 4) is 17.5 Å². The molecule has 154 valence electrons. The standard InChI is InChI=1S/C25H21ClN4O/c26-23-6-1-4-19(16-23)7-8-21-17-22(9-10-24(21)30-15-3-13-29-30)25(31)28-12-2-5-20-11-14-27-18-20/h1,3-4,6,9-11,13,15-18H,2,5,12,14H2,(H,28,31). The third-order valence-electron chi connectivity index (χ3n) is 4.82. The van der Waals surface area contributed by atoms with Crippen LogP contribution in [0.4, 0.5) is 0 Å². The first-order valence-corrected chi connectivity index (χ1v) is 10.5. The van der Waals surface area contributed by atoms with Crippen molar-refractivity contribution < 1.29 is 4.79 Å². The highest BCUT2D eigenvalue weighted by atomic mass is 35.5. The minimum Gasteiger partial charge on any atom is -0.352 e. The molecule has 5 nitrogen and oxygen atoms in total. The SMILES string of the molecule is O=C(NCCCC1=CCN=C1)c1ccc(-n2cccn2)c(C#Cc2cccc(Cl)c2)c1. The first-order chi connectivity index (χ1) is 15.2. The third-order valence-corrected chi connectivity index (χ3v) is 5.05. The van der Waals surface area contributed by atoms with Crippen LogP contribution in [0.1, 0.15) is 34.3 Å². The Morgan fingerprint density at radius 1 is 1.16 bits per heavy atom. The van der Waals surface area contributed by atoms with Crippen LogP contribution in [0, 0.1) is 11.8 Å². The van der Waals surface area contributed by atoms with Gasteiger partial charge in [0.25, 0.3) is 5.91 Å². The maximum atomic E-state index is 12.7. The smallest absolute Gasteiger partial charge is 0.251 e. The molecule has 0 saturated heterocycles. The van der Waals surface area contributed by atoms with Gasteiger partial charge in [-0.2, -0.15) is 5.10 Å². The second-order valence-electron chi connectivity index (χ2n) is 7.08. The zero-order valence-electron chi connectivity index (χ0n) is 16.9. The lowest BCUT2D eigenvalue weighted by Gasteiger charge is -2.09. The van der Waals surface area contributed by atoms with Gasteiger partial charge in [0, 0.05) is 41.3 Å². The van der Waals surface area contributed by atoms with E-state index in [1.807, 2.05) is 48.8 Å². The second kappa shape index (κ2) is 9.92. The molecule has 4 rings (SSSR count). The van der Waals surface area contributed by atoms with Gasteiger partial charge in [-0.05, 0) is 60.9 Å². The van der Waals surface area contributed by atoms with Crippen molar-refractivity contribution >= 4 is 23.7 Å². The highest BCUT2D eigenvalue weighted by molar-refractivity contribution is 6.30. The van der Waals surface area contributed by atoms with Gasteiger partial charge in [-0.1, -0.05) is 35.6 Å². The van der Waals surface area contributed by atoms with E-state index in [0.29, 0.717) is 22.7 Å². The number of hydrogen-bond donors (Lipinski definition) is 1. The van der Waals surface area contributed by atoms with E-state index in [0.717, 1.165) is 30.6 Å². The molecule has 0 bridgehead atoms. The molecule has 3 aromatic rings. The number of aromatic nitrogens is 2. The number of hydrogen-bond acceptors (Lipinski definition) is 3. The summed E-state index contributed by atoms with van der Waals surface area (Å²) in [6, 6.07) is 14.7. The number of carbonyl (C=O) groups is 1. The van der Waals surface area contributed by atoms with Crippen molar-refractivity contribution in [2.45, 2.75) is 12.8 Å². The van der Waals surface area contributed by atoms with Crippen LogP contribution < -0.4 is 5.32 Å². The highest BCUT2D eigenvalue weighted by Crippen LogP contribution is 2.17. The van der Waals surface area contributed by atoms with Gasteiger partial charge in [-0.3, -0.25) is 9.79 Å². The number of halogens is 1. The Bertz CT molecular complexity index is 1200. The lowest BCUT2D eigenvalue weighted by molar-refractivity contribution is 0.0953. The van der Waals surface area contributed by atoms with E-state index in [-0.39, 0.29) is 5.91 Å². The number of carbonyl (C=O) groups excluding carboxylic acids is 1. The van der Waals surface area contributed by atoms with E-state index < -0.39 is 0 Å². The fraction of sp³-hybridized carbons (Fsp3) is 0.160. The fourth-order valence-corrected chi connectivity index (χ4v) is 3.44. The van der Waals surface area contributed by atoms with E-state index in [9.17, 15) is 4.79 Å². The summed E-state index contributed by atoms with van der Waals surface area (Å²) in [5.74, 6) is 6.18. The Morgan fingerprint density at radius 2 is 2.10 bits per heavy atom. The predicted molar refractivity (Wildman–Crippen MR) is 124 cm³/mol. The Labute approximate surface area is 186 Å². The number of allylic oxidation sites excluding steroid dienone is 1. The molecular formula is C25H21ClN4O. The van der Waals surface area contributed by atoms with Gasteiger partial charge in [-0.25, -0.2) is 4.68 Å². The molecule has 0 fully saturated rings. The summed E-state index contributed by atoms with van der Waals surface area (Å²) >= 11 is 6.06. The number of amides is 1. The van der Waals surface area contributed by atoms with Gasteiger partial charge in [-0.15, -0.1) is 0 Å². The Morgan fingerprint density at radius 3 is 2.87 bits per heavy atom. The molecule has 0 spiro atoms. The average Bonchev–Trinajstić information content (AvgIpc) is 3.49. The van der Waals surface area contributed by atoms with Crippen molar-refractivity contribution in [2.75, 3.05) is 13.1 Å². The monoisotopic (exact) mass is 428 g/mol. The van der Waals surface area contributed by atoms with Crippen LogP contribution in [0.3, 0.4) is 0 Å². The maximum Gasteiger partial charge on any atom is 0.251 e. The van der Waals surface area contributed by atoms with Crippen LogP contribution in [0.25, 0.3) is 5.69 Å². The molecule has 1 aliphatic heterocycles. The summed E-state index contributed by atoms with van der Waals surface area (Å²) in [6.07, 6.45) is 9.36. The average molecular weight is 429 g/mol. The van der Waals surface area contributed by atoms with Gasteiger partial charge in [0.2, 0.25) is 0 Å². The number of nitrogens with zero attached hydrogens (tertiary/aromatic N) is 3. The Kier molecular flexibility index (Phi) is 6.61. The van der Waals surface area contributed by atoms with E-state index in [1.54, 1.807) is 23.0 Å². The van der Waals surface area contributed by atoms with Crippen LogP contribution in [-0.2, 0) is 0 Å². The Hall–Kier alpha value is -3.62. The van der Waals surface area contributed by atoms with Crippen LogP contribution in [0.5, 0.6) is 0 Å². The summed E-state index contributed by atoms with van der Waals surface area (Å²) in [4.78, 5) is 16.8. The van der Waals surface area contributed by atoms with Gasteiger partial charge >= 0.3 is 0 Å². The van der Waals surface area contributed by atoms with Crippen LogP contribution >= 0.6 is 11.6 Å². The molecule has 0 saturated carbocycles. The number of nitrogens with one attached hydrogen (secondary N) is 1. The molecule has 0 unspecified atom stereocenters. The molecule has 1 N–H and O–H groups in total. The van der Waals surface area contributed by atoms with Crippen molar-refractivity contribution in [3.63, 3.8) is 0 Å². The van der Waals surface area contributed by atoms with E-state index in [2.05, 4.69) is 33.3 Å². The molecule has 2 heterocycles. The van der Waals surface area contributed by atoms with Crippen LogP contribution in [0.15, 0.2) is 77.6 Å². The van der Waals surface area contributed by atoms with Crippen molar-refractivity contribution in [2.24, 2.45) is 4.99 Å². The molecule has 0 radical (unpaired) electrons. The number of rotatable bonds is 6. The normalized spacial score (nSPS) is 12.2. The molecule has 1 aliphatic rings. The lowest BCUT2D eigenvalue weighted by atomic mass is 10.1. The molecule has 31 heavy (non-hydrogen) atoms. The molecule has 1 amide bonds. The molecule has 1 aromatic heterocycles. The Balaban J connectivity index is 1.52. The molecule has 0 atom stereocenters. The molecule has 2 aromatic carbocycles. The topological polar surface area (TPSA) is 59.3 Å². The summed E-state index contributed by atoms with van der Waals surface area (Å²) in [5.41, 5.74) is 4.12. The van der Waals surface area contributed by atoms with Gasteiger partial charge in [0.05, 0.1) is 17.8 Å².